The van der Waals surface area contributed by atoms with Crippen LogP contribution in [-0.2, 0) is 4.79 Å². The number of fused-ring (bicyclic) bond motifs is 1. The van der Waals surface area contributed by atoms with E-state index in [1.165, 1.54) is 0 Å². The number of carbonyl (C=O) groups excluding carboxylic acids is 1. The molecule has 0 unspecified atom stereocenters. The Morgan fingerprint density at radius 1 is 1.24 bits per heavy atom. The summed E-state index contributed by atoms with van der Waals surface area (Å²) in [4.78, 5) is 11.9. The number of rotatable bonds is 5. The molecule has 10 heteroatoms. The third-order valence-electron chi connectivity index (χ3n) is 3.24. The molecule has 0 fully saturated rings. The van der Waals surface area contributed by atoms with Gasteiger partial charge in [0.1, 0.15) is 0 Å². The second kappa shape index (κ2) is 6.48. The summed E-state index contributed by atoms with van der Waals surface area (Å²) in [5, 5.41) is 14.5. The van der Waals surface area contributed by atoms with Gasteiger partial charge < -0.3 is 18.4 Å². The molecule has 1 aliphatic heterocycles. The first-order valence-corrected chi connectivity index (χ1v) is 8.25. The van der Waals surface area contributed by atoms with Crippen molar-refractivity contribution >= 4 is 23.6 Å². The minimum atomic E-state index is -0.260. The fourth-order valence-electron chi connectivity index (χ4n) is 2.14. The standard InChI is InChI=1S/C15H12N4O5S/c1-8-4-13(24-19-8)16-12(20)6-25-15-18-17-14(23-15)9-2-3-10-11(5-9)22-7-21-10/h2-5H,6-7H2,1H3,(H,16,20). The topological polar surface area (TPSA) is 113 Å². The molecule has 9 nitrogen and oxygen atoms in total. The molecule has 0 aliphatic carbocycles. The van der Waals surface area contributed by atoms with Gasteiger partial charge in [-0.05, 0) is 25.1 Å². The Kier molecular flexibility index (Phi) is 4.02. The summed E-state index contributed by atoms with van der Waals surface area (Å²) >= 11 is 1.13. The zero-order valence-electron chi connectivity index (χ0n) is 13.0. The van der Waals surface area contributed by atoms with E-state index in [4.69, 9.17) is 18.4 Å². The van der Waals surface area contributed by atoms with Gasteiger partial charge in [-0.2, -0.15) is 0 Å². The molecule has 3 heterocycles. The Hall–Kier alpha value is -3.01. The molecule has 1 amide bonds. The van der Waals surface area contributed by atoms with Crippen LogP contribution in [0.25, 0.3) is 11.5 Å². The number of nitrogens with one attached hydrogen (secondary N) is 1. The van der Waals surface area contributed by atoms with E-state index in [9.17, 15) is 4.79 Å². The lowest BCUT2D eigenvalue weighted by Gasteiger charge is -1.99. The number of nitrogens with zero attached hydrogens (tertiary/aromatic N) is 3. The van der Waals surface area contributed by atoms with Crippen LogP contribution >= 0.6 is 11.8 Å². The van der Waals surface area contributed by atoms with Crippen molar-refractivity contribution in [3.63, 3.8) is 0 Å². The summed E-state index contributed by atoms with van der Waals surface area (Å²) in [7, 11) is 0. The van der Waals surface area contributed by atoms with Crippen molar-refractivity contribution in [1.29, 1.82) is 0 Å². The maximum absolute atomic E-state index is 11.9. The first-order chi connectivity index (χ1) is 12.2. The molecule has 2 aromatic heterocycles. The number of hydrogen-bond acceptors (Lipinski definition) is 9. The summed E-state index contributed by atoms with van der Waals surface area (Å²) in [5.41, 5.74) is 1.40. The molecule has 128 valence electrons. The van der Waals surface area contributed by atoms with Crippen molar-refractivity contribution in [1.82, 2.24) is 15.4 Å². The number of anilines is 1. The molecule has 0 spiro atoms. The van der Waals surface area contributed by atoms with Gasteiger partial charge in [-0.15, -0.1) is 10.2 Å². The first-order valence-electron chi connectivity index (χ1n) is 7.27. The molecule has 1 aliphatic rings. The Bertz CT molecular complexity index is 922. The van der Waals surface area contributed by atoms with Crippen molar-refractivity contribution in [2.75, 3.05) is 17.9 Å². The molecule has 0 bridgehead atoms. The van der Waals surface area contributed by atoms with Gasteiger partial charge in [0, 0.05) is 11.6 Å². The molecule has 0 saturated carbocycles. The number of aromatic nitrogens is 3. The van der Waals surface area contributed by atoms with E-state index in [1.54, 1.807) is 31.2 Å². The number of carbonyl (C=O) groups is 1. The van der Waals surface area contributed by atoms with Gasteiger partial charge in [0.05, 0.1) is 11.4 Å². The van der Waals surface area contributed by atoms with Crippen molar-refractivity contribution in [3.8, 4) is 23.0 Å². The van der Waals surface area contributed by atoms with Gasteiger partial charge in [0.15, 0.2) is 11.5 Å². The zero-order valence-corrected chi connectivity index (χ0v) is 13.8. The number of amides is 1. The molecule has 1 aromatic carbocycles. The zero-order chi connectivity index (χ0) is 17.2. The average molecular weight is 360 g/mol. The molecular formula is C15H12N4O5S. The fourth-order valence-corrected chi connectivity index (χ4v) is 2.70. The van der Waals surface area contributed by atoms with Crippen LogP contribution in [-0.4, -0.2) is 33.8 Å². The van der Waals surface area contributed by atoms with Crippen LogP contribution in [0.5, 0.6) is 11.5 Å². The SMILES string of the molecule is Cc1cc(NC(=O)CSc2nnc(-c3ccc4c(c3)OCO4)o2)on1. The normalized spacial score (nSPS) is 12.4. The van der Waals surface area contributed by atoms with Crippen LogP contribution < -0.4 is 14.8 Å². The molecular weight excluding hydrogens is 348 g/mol. The van der Waals surface area contributed by atoms with Crippen LogP contribution in [0.4, 0.5) is 5.88 Å². The summed E-state index contributed by atoms with van der Waals surface area (Å²) < 4.78 is 21.1. The molecule has 0 saturated heterocycles. The Balaban J connectivity index is 1.37. The lowest BCUT2D eigenvalue weighted by atomic mass is 10.2. The van der Waals surface area contributed by atoms with Gasteiger partial charge in [0.2, 0.25) is 24.5 Å². The first kappa shape index (κ1) is 15.5. The predicted molar refractivity (Wildman–Crippen MR) is 86.5 cm³/mol. The third-order valence-corrected chi connectivity index (χ3v) is 4.06. The van der Waals surface area contributed by atoms with Crippen molar-refractivity contribution in [3.05, 3.63) is 30.0 Å². The average Bonchev–Trinajstić information content (AvgIpc) is 3.32. The predicted octanol–water partition coefficient (Wildman–Crippen LogP) is 2.49. The minimum absolute atomic E-state index is 0.0997. The second-order valence-electron chi connectivity index (χ2n) is 5.11. The number of thioether (sulfide) groups is 1. The summed E-state index contributed by atoms with van der Waals surface area (Å²) in [6.45, 7) is 1.97. The van der Waals surface area contributed by atoms with E-state index in [-0.39, 0.29) is 23.7 Å². The molecule has 3 aromatic rings. The van der Waals surface area contributed by atoms with Crippen LogP contribution in [0.1, 0.15) is 5.69 Å². The maximum atomic E-state index is 11.9. The quantitative estimate of drug-likeness (QED) is 0.686. The minimum Gasteiger partial charge on any atom is -0.454 e. The lowest BCUT2D eigenvalue weighted by Crippen LogP contribution is -2.13. The van der Waals surface area contributed by atoms with E-state index in [0.717, 1.165) is 11.8 Å². The van der Waals surface area contributed by atoms with Crippen molar-refractivity contribution in [2.24, 2.45) is 0 Å². The van der Waals surface area contributed by atoms with E-state index < -0.39 is 0 Å². The van der Waals surface area contributed by atoms with Crippen LogP contribution in [0.3, 0.4) is 0 Å². The van der Waals surface area contributed by atoms with Gasteiger partial charge >= 0.3 is 0 Å². The Morgan fingerprint density at radius 2 is 2.12 bits per heavy atom. The lowest BCUT2D eigenvalue weighted by molar-refractivity contribution is -0.113. The van der Waals surface area contributed by atoms with Crippen LogP contribution in [0.2, 0.25) is 0 Å². The third kappa shape index (κ3) is 3.43. The summed E-state index contributed by atoms with van der Waals surface area (Å²) in [6, 6.07) is 6.98. The fraction of sp³-hybridized carbons (Fsp3) is 0.200. The molecule has 0 radical (unpaired) electrons. The highest BCUT2D eigenvalue weighted by molar-refractivity contribution is 7.99. The Labute approximate surface area is 145 Å². The monoisotopic (exact) mass is 360 g/mol. The highest BCUT2D eigenvalue weighted by Crippen LogP contribution is 2.35. The highest BCUT2D eigenvalue weighted by atomic mass is 32.2. The summed E-state index contributed by atoms with van der Waals surface area (Å²) in [6.07, 6.45) is 0. The maximum Gasteiger partial charge on any atom is 0.277 e. The van der Waals surface area contributed by atoms with E-state index >= 15 is 0 Å². The van der Waals surface area contributed by atoms with Gasteiger partial charge in [-0.25, -0.2) is 0 Å². The number of hydrogen-bond donors (Lipinski definition) is 1. The molecule has 25 heavy (non-hydrogen) atoms. The number of benzene rings is 1. The van der Waals surface area contributed by atoms with Crippen molar-refractivity contribution in [2.45, 2.75) is 12.1 Å². The molecule has 1 N–H and O–H groups in total. The Morgan fingerprint density at radius 3 is 2.96 bits per heavy atom. The molecule has 0 atom stereocenters. The van der Waals surface area contributed by atoms with Crippen molar-refractivity contribution < 1.29 is 23.2 Å². The van der Waals surface area contributed by atoms with Crippen LogP contribution in [0.15, 0.2) is 38.4 Å². The second-order valence-corrected chi connectivity index (χ2v) is 6.04. The molecule has 4 rings (SSSR count). The van der Waals surface area contributed by atoms with Crippen LogP contribution in [0, 0.1) is 6.92 Å². The van der Waals surface area contributed by atoms with Gasteiger partial charge in [-0.1, -0.05) is 16.9 Å². The van der Waals surface area contributed by atoms with Gasteiger partial charge in [-0.3, -0.25) is 10.1 Å². The number of ether oxygens (including phenoxy) is 2. The van der Waals surface area contributed by atoms with E-state index in [1.807, 2.05) is 0 Å². The summed E-state index contributed by atoms with van der Waals surface area (Å²) in [5.74, 6) is 1.79. The smallest absolute Gasteiger partial charge is 0.277 e. The largest absolute Gasteiger partial charge is 0.454 e. The number of aryl methyl sites for hydroxylation is 1. The van der Waals surface area contributed by atoms with E-state index in [0.29, 0.717) is 34.5 Å². The van der Waals surface area contributed by atoms with E-state index in [2.05, 4.69) is 20.7 Å². The highest BCUT2D eigenvalue weighted by Gasteiger charge is 2.17. The van der Waals surface area contributed by atoms with Gasteiger partial charge in [0.25, 0.3) is 5.22 Å².